The monoisotopic (exact) mass is 310 g/mol. The summed E-state index contributed by atoms with van der Waals surface area (Å²) < 4.78 is 22.6. The second-order valence-electron chi connectivity index (χ2n) is 4.52. The van der Waals surface area contributed by atoms with Crippen molar-refractivity contribution in [1.29, 1.82) is 0 Å². The minimum atomic E-state index is -3.02. The standard InChI is InChI=1S/C10H18N2O5S2/c1-12(7-2-3-19(16,17)6-7)9(13)5-18-4-8(11)10(14)15/h7-8H,2-6,11H2,1H3,(H,14,15)/t7?,8-/m1/s1. The summed E-state index contributed by atoms with van der Waals surface area (Å²) >= 11 is 1.14. The number of carboxylic acids is 1. The highest BCUT2D eigenvalue weighted by Gasteiger charge is 2.32. The van der Waals surface area contributed by atoms with Gasteiger partial charge < -0.3 is 15.7 Å². The van der Waals surface area contributed by atoms with Crippen molar-refractivity contribution < 1.29 is 23.1 Å². The molecule has 3 N–H and O–H groups in total. The lowest BCUT2D eigenvalue weighted by Gasteiger charge is -2.23. The first-order chi connectivity index (χ1) is 8.73. The van der Waals surface area contributed by atoms with Crippen LogP contribution in [-0.2, 0) is 19.4 Å². The number of hydrogen-bond acceptors (Lipinski definition) is 6. The van der Waals surface area contributed by atoms with Crippen molar-refractivity contribution in [2.24, 2.45) is 5.73 Å². The molecule has 1 amide bonds. The number of carbonyl (C=O) groups is 2. The Balaban J connectivity index is 2.36. The highest BCUT2D eigenvalue weighted by atomic mass is 32.2. The van der Waals surface area contributed by atoms with Crippen LogP contribution in [0.2, 0.25) is 0 Å². The zero-order chi connectivity index (χ0) is 14.6. The Labute approximate surface area is 116 Å². The number of carboxylic acid groups (broad SMARTS) is 1. The van der Waals surface area contributed by atoms with Crippen LogP contribution in [0, 0.1) is 0 Å². The lowest BCUT2D eigenvalue weighted by atomic mass is 10.2. The van der Waals surface area contributed by atoms with Crippen LogP contribution >= 0.6 is 11.8 Å². The summed E-state index contributed by atoms with van der Waals surface area (Å²) in [6.45, 7) is 0. The number of nitrogens with two attached hydrogens (primary N) is 1. The largest absolute Gasteiger partial charge is 0.480 e. The van der Waals surface area contributed by atoms with Gasteiger partial charge in [-0.25, -0.2) is 8.42 Å². The first kappa shape index (κ1) is 16.3. The molecular weight excluding hydrogens is 292 g/mol. The quantitative estimate of drug-likeness (QED) is 0.631. The van der Waals surface area contributed by atoms with Gasteiger partial charge in [0.05, 0.1) is 17.3 Å². The fourth-order valence-electron chi connectivity index (χ4n) is 1.73. The Morgan fingerprint density at radius 3 is 2.63 bits per heavy atom. The van der Waals surface area contributed by atoms with E-state index in [0.29, 0.717) is 6.42 Å². The predicted octanol–water partition coefficient (Wildman–Crippen LogP) is -1.22. The summed E-state index contributed by atoms with van der Waals surface area (Å²) in [6, 6.07) is -1.26. The normalized spacial score (nSPS) is 22.9. The zero-order valence-corrected chi connectivity index (χ0v) is 12.2. The van der Waals surface area contributed by atoms with E-state index in [9.17, 15) is 18.0 Å². The number of hydrogen-bond donors (Lipinski definition) is 2. The number of carbonyl (C=O) groups excluding carboxylic acids is 1. The number of sulfone groups is 1. The second kappa shape index (κ2) is 6.58. The molecule has 7 nitrogen and oxygen atoms in total. The molecule has 1 fully saturated rings. The molecule has 0 aromatic rings. The number of rotatable bonds is 6. The topological polar surface area (TPSA) is 118 Å². The van der Waals surface area contributed by atoms with Crippen molar-refractivity contribution in [3.8, 4) is 0 Å². The summed E-state index contributed by atoms with van der Waals surface area (Å²) in [6.07, 6.45) is 0.462. The molecule has 0 aromatic carbocycles. The van der Waals surface area contributed by atoms with Crippen molar-refractivity contribution >= 4 is 33.5 Å². The summed E-state index contributed by atoms with van der Waals surface area (Å²) in [5.41, 5.74) is 5.31. The van der Waals surface area contributed by atoms with E-state index in [2.05, 4.69) is 0 Å². The molecule has 1 heterocycles. The van der Waals surface area contributed by atoms with Gasteiger partial charge in [0, 0.05) is 18.8 Å². The van der Waals surface area contributed by atoms with E-state index in [1.807, 2.05) is 0 Å². The Hall–Kier alpha value is -0.800. The molecule has 0 bridgehead atoms. The highest BCUT2D eigenvalue weighted by molar-refractivity contribution is 8.00. The molecule has 0 aromatic heterocycles. The van der Waals surface area contributed by atoms with Gasteiger partial charge in [-0.15, -0.1) is 11.8 Å². The van der Waals surface area contributed by atoms with Gasteiger partial charge in [-0.1, -0.05) is 0 Å². The van der Waals surface area contributed by atoms with E-state index >= 15 is 0 Å². The van der Waals surface area contributed by atoms with Crippen LogP contribution < -0.4 is 5.73 Å². The van der Waals surface area contributed by atoms with E-state index < -0.39 is 21.8 Å². The molecule has 110 valence electrons. The first-order valence-corrected chi connectivity index (χ1v) is 8.73. The van der Waals surface area contributed by atoms with Crippen LogP contribution in [0.1, 0.15) is 6.42 Å². The van der Waals surface area contributed by atoms with Crippen LogP contribution in [0.5, 0.6) is 0 Å². The van der Waals surface area contributed by atoms with Crippen LogP contribution in [0.15, 0.2) is 0 Å². The summed E-state index contributed by atoms with van der Waals surface area (Å²) in [5, 5.41) is 8.59. The van der Waals surface area contributed by atoms with Crippen LogP contribution in [0.25, 0.3) is 0 Å². The van der Waals surface area contributed by atoms with E-state index in [-0.39, 0.29) is 35.0 Å². The molecular formula is C10H18N2O5S2. The van der Waals surface area contributed by atoms with Crippen molar-refractivity contribution in [2.45, 2.75) is 18.5 Å². The number of aliphatic carboxylic acids is 1. The Kier molecular flexibility index (Phi) is 5.63. The van der Waals surface area contributed by atoms with E-state index in [1.54, 1.807) is 7.05 Å². The number of nitrogens with zero attached hydrogens (tertiary/aromatic N) is 1. The first-order valence-electron chi connectivity index (χ1n) is 5.75. The molecule has 1 saturated heterocycles. The third-order valence-electron chi connectivity index (χ3n) is 2.99. The summed E-state index contributed by atoms with van der Waals surface area (Å²) in [7, 11) is -1.44. The fourth-order valence-corrected chi connectivity index (χ4v) is 4.40. The zero-order valence-electron chi connectivity index (χ0n) is 10.6. The van der Waals surface area contributed by atoms with Crippen LogP contribution in [0.3, 0.4) is 0 Å². The van der Waals surface area contributed by atoms with Crippen molar-refractivity contribution in [1.82, 2.24) is 4.90 Å². The molecule has 1 aliphatic heterocycles. The van der Waals surface area contributed by atoms with Gasteiger partial charge in [0.1, 0.15) is 6.04 Å². The molecule has 1 rings (SSSR count). The maximum Gasteiger partial charge on any atom is 0.321 e. The van der Waals surface area contributed by atoms with Crippen molar-refractivity contribution in [3.63, 3.8) is 0 Å². The highest BCUT2D eigenvalue weighted by Crippen LogP contribution is 2.17. The Morgan fingerprint density at radius 1 is 1.53 bits per heavy atom. The van der Waals surface area contributed by atoms with Crippen LogP contribution in [0.4, 0.5) is 0 Å². The average Bonchev–Trinajstić information content (AvgIpc) is 2.68. The Morgan fingerprint density at radius 2 is 2.16 bits per heavy atom. The van der Waals surface area contributed by atoms with Gasteiger partial charge in [0.15, 0.2) is 9.84 Å². The van der Waals surface area contributed by atoms with E-state index in [1.165, 1.54) is 4.90 Å². The predicted molar refractivity (Wildman–Crippen MR) is 72.8 cm³/mol. The SMILES string of the molecule is CN(C(=O)CSC[C@@H](N)C(=O)O)C1CCS(=O)(=O)C1. The summed E-state index contributed by atoms with van der Waals surface area (Å²) in [5.74, 6) is -0.924. The molecule has 0 radical (unpaired) electrons. The molecule has 19 heavy (non-hydrogen) atoms. The average molecular weight is 310 g/mol. The van der Waals surface area contributed by atoms with Gasteiger partial charge in [0.25, 0.3) is 0 Å². The third-order valence-corrected chi connectivity index (χ3v) is 5.79. The van der Waals surface area contributed by atoms with Crippen molar-refractivity contribution in [3.05, 3.63) is 0 Å². The molecule has 1 aliphatic rings. The van der Waals surface area contributed by atoms with E-state index in [4.69, 9.17) is 10.8 Å². The number of thioether (sulfide) groups is 1. The van der Waals surface area contributed by atoms with Gasteiger partial charge in [-0.05, 0) is 6.42 Å². The van der Waals surface area contributed by atoms with Gasteiger partial charge in [-0.2, -0.15) is 0 Å². The smallest absolute Gasteiger partial charge is 0.321 e. The minimum absolute atomic E-state index is 0.00848. The van der Waals surface area contributed by atoms with Crippen molar-refractivity contribution in [2.75, 3.05) is 30.1 Å². The molecule has 9 heteroatoms. The maximum atomic E-state index is 11.8. The maximum absolute atomic E-state index is 11.8. The second-order valence-corrected chi connectivity index (χ2v) is 7.78. The van der Waals surface area contributed by atoms with Gasteiger partial charge in [-0.3, -0.25) is 9.59 Å². The lowest BCUT2D eigenvalue weighted by Crippen LogP contribution is -2.39. The molecule has 1 unspecified atom stereocenters. The third kappa shape index (κ3) is 5.00. The van der Waals surface area contributed by atoms with Crippen LogP contribution in [-0.4, -0.2) is 72.4 Å². The fraction of sp³-hybridized carbons (Fsp3) is 0.800. The molecule has 0 aliphatic carbocycles. The van der Waals surface area contributed by atoms with Gasteiger partial charge >= 0.3 is 5.97 Å². The number of amides is 1. The lowest BCUT2D eigenvalue weighted by molar-refractivity contribution is -0.138. The molecule has 0 saturated carbocycles. The summed E-state index contributed by atoms with van der Waals surface area (Å²) in [4.78, 5) is 23.7. The Bertz CT molecular complexity index is 451. The molecule has 0 spiro atoms. The van der Waals surface area contributed by atoms with E-state index in [0.717, 1.165) is 11.8 Å². The molecule has 2 atom stereocenters. The van der Waals surface area contributed by atoms with Gasteiger partial charge in [0.2, 0.25) is 5.91 Å². The minimum Gasteiger partial charge on any atom is -0.480 e.